The van der Waals surface area contributed by atoms with Crippen LogP contribution in [0.15, 0.2) is 52.9 Å². The summed E-state index contributed by atoms with van der Waals surface area (Å²) in [4.78, 5) is 12.1. The third-order valence-electron chi connectivity index (χ3n) is 4.51. The van der Waals surface area contributed by atoms with Crippen molar-refractivity contribution in [1.29, 1.82) is 0 Å². The average molecular weight is 413 g/mol. The van der Waals surface area contributed by atoms with Crippen molar-refractivity contribution in [3.8, 4) is 11.5 Å². The minimum atomic E-state index is -3.27. The van der Waals surface area contributed by atoms with Crippen molar-refractivity contribution >= 4 is 21.8 Å². The molecule has 0 radical (unpaired) electrons. The number of rotatable bonds is 8. The number of nitrogens with one attached hydrogen (secondary N) is 1. The number of hydrogen-bond acceptors (Lipinski definition) is 6. The van der Waals surface area contributed by atoms with Gasteiger partial charge in [0, 0.05) is 12.0 Å². The molecule has 1 aromatic heterocycles. The molecule has 0 spiro atoms. The Morgan fingerprint density at radius 3 is 2.52 bits per heavy atom. The number of carbonyl (C=O) groups is 1. The van der Waals surface area contributed by atoms with E-state index < -0.39 is 9.84 Å². The quantitative estimate of drug-likeness (QED) is 0.604. The minimum absolute atomic E-state index is 0.00429. The zero-order valence-corrected chi connectivity index (χ0v) is 17.2. The Labute approximate surface area is 170 Å². The third-order valence-corrected chi connectivity index (χ3v) is 6.20. The number of nitrogens with zero attached hydrogens (tertiary/aromatic N) is 2. The maximum absolute atomic E-state index is 12.2. The maximum atomic E-state index is 12.2. The summed E-state index contributed by atoms with van der Waals surface area (Å²) in [6.07, 6.45) is 0.272. The number of aryl methyl sites for hydroxylation is 2. The molecule has 3 rings (SSSR count). The van der Waals surface area contributed by atoms with Gasteiger partial charge < -0.3 is 4.42 Å². The second kappa shape index (κ2) is 9.00. The summed E-state index contributed by atoms with van der Waals surface area (Å²) in [5.41, 5.74) is 3.77. The summed E-state index contributed by atoms with van der Waals surface area (Å²) in [6, 6.07) is 14.7. The van der Waals surface area contributed by atoms with Gasteiger partial charge in [-0.3, -0.25) is 10.1 Å². The molecule has 0 bridgehead atoms. The normalized spacial score (nSPS) is 11.4. The molecule has 3 aromatic rings. The molecule has 7 nitrogen and oxygen atoms in total. The fraction of sp³-hybridized carbons (Fsp3) is 0.286. The lowest BCUT2D eigenvalue weighted by molar-refractivity contribution is -0.116. The highest BCUT2D eigenvalue weighted by molar-refractivity contribution is 7.90. The van der Waals surface area contributed by atoms with Crippen LogP contribution in [-0.4, -0.2) is 30.3 Å². The van der Waals surface area contributed by atoms with Gasteiger partial charge in [-0.25, -0.2) is 8.42 Å². The molecule has 1 amide bonds. The number of aromatic nitrogens is 2. The van der Waals surface area contributed by atoms with E-state index in [1.807, 2.05) is 38.1 Å². The van der Waals surface area contributed by atoms with Crippen LogP contribution in [0.2, 0.25) is 0 Å². The van der Waals surface area contributed by atoms with Gasteiger partial charge in [-0.05, 0) is 49.1 Å². The largest absolute Gasteiger partial charge is 0.403 e. The van der Waals surface area contributed by atoms with Crippen LogP contribution in [0.5, 0.6) is 0 Å². The van der Waals surface area contributed by atoms with Gasteiger partial charge in [0.05, 0.1) is 11.5 Å². The van der Waals surface area contributed by atoms with E-state index in [2.05, 4.69) is 15.5 Å². The molecule has 0 saturated heterocycles. The number of carbonyl (C=O) groups excluding carboxylic acids is 1. The van der Waals surface area contributed by atoms with Crippen molar-refractivity contribution in [3.63, 3.8) is 0 Å². The molecule has 0 unspecified atom stereocenters. The van der Waals surface area contributed by atoms with E-state index in [0.717, 1.165) is 22.3 Å². The van der Waals surface area contributed by atoms with Gasteiger partial charge in [0.15, 0.2) is 9.84 Å². The second-order valence-corrected chi connectivity index (χ2v) is 9.12. The van der Waals surface area contributed by atoms with Gasteiger partial charge in [0.25, 0.3) is 0 Å². The van der Waals surface area contributed by atoms with Gasteiger partial charge >= 0.3 is 6.01 Å². The molecule has 1 N–H and O–H groups in total. The third kappa shape index (κ3) is 5.99. The van der Waals surface area contributed by atoms with E-state index >= 15 is 0 Å². The van der Waals surface area contributed by atoms with Crippen molar-refractivity contribution in [1.82, 2.24) is 10.2 Å². The molecule has 0 aliphatic heterocycles. The Hall–Kier alpha value is -3.00. The average Bonchev–Trinajstić information content (AvgIpc) is 3.12. The van der Waals surface area contributed by atoms with E-state index in [1.165, 1.54) is 0 Å². The molecule has 0 atom stereocenters. The Balaban J connectivity index is 1.50. The van der Waals surface area contributed by atoms with Crippen LogP contribution in [0.1, 0.15) is 29.5 Å². The summed E-state index contributed by atoms with van der Waals surface area (Å²) in [5.74, 6) is -0.144. The highest BCUT2D eigenvalue weighted by Crippen LogP contribution is 2.22. The first kappa shape index (κ1) is 20.7. The highest BCUT2D eigenvalue weighted by Gasteiger charge is 2.15. The predicted octanol–water partition coefficient (Wildman–Crippen LogP) is 3.69. The van der Waals surface area contributed by atoms with Crippen molar-refractivity contribution in [3.05, 3.63) is 65.2 Å². The molecule has 0 aliphatic carbocycles. The van der Waals surface area contributed by atoms with Gasteiger partial charge in [-0.2, -0.15) is 0 Å². The molecule has 2 aromatic carbocycles. The number of benzene rings is 2. The maximum Gasteiger partial charge on any atom is 0.322 e. The van der Waals surface area contributed by atoms with Crippen molar-refractivity contribution in [2.45, 2.75) is 32.4 Å². The lowest BCUT2D eigenvalue weighted by Crippen LogP contribution is -2.15. The van der Waals surface area contributed by atoms with Crippen LogP contribution in [-0.2, 0) is 20.4 Å². The smallest absolute Gasteiger partial charge is 0.322 e. The molecule has 1 heterocycles. The number of anilines is 1. The Kier molecular flexibility index (Phi) is 6.43. The first-order chi connectivity index (χ1) is 13.8. The molecule has 0 aliphatic rings. The molecule has 0 saturated carbocycles. The van der Waals surface area contributed by atoms with E-state index in [9.17, 15) is 13.2 Å². The minimum Gasteiger partial charge on any atom is -0.403 e. The predicted molar refractivity (Wildman–Crippen MR) is 111 cm³/mol. The molecule has 152 valence electrons. The number of hydrogen-bond donors (Lipinski definition) is 1. The van der Waals surface area contributed by atoms with E-state index in [-0.39, 0.29) is 36.3 Å². The summed E-state index contributed by atoms with van der Waals surface area (Å²) in [7, 11) is -3.27. The van der Waals surface area contributed by atoms with Crippen LogP contribution in [0.4, 0.5) is 6.01 Å². The zero-order chi connectivity index (χ0) is 20.9. The number of amides is 1. The second-order valence-electron chi connectivity index (χ2n) is 6.94. The van der Waals surface area contributed by atoms with E-state index in [4.69, 9.17) is 4.42 Å². The Bertz CT molecular complexity index is 1090. The SMILES string of the molecule is Cc1ccc(-c2nnc(NC(=O)CCCS(=O)(=O)Cc3ccccc3)o2)cc1C. The Morgan fingerprint density at radius 2 is 1.79 bits per heavy atom. The first-order valence-corrected chi connectivity index (χ1v) is 11.1. The molecule has 0 fully saturated rings. The van der Waals surface area contributed by atoms with Crippen LogP contribution in [0.3, 0.4) is 0 Å². The fourth-order valence-corrected chi connectivity index (χ4v) is 4.23. The monoisotopic (exact) mass is 413 g/mol. The van der Waals surface area contributed by atoms with Gasteiger partial charge in [0.2, 0.25) is 11.8 Å². The number of sulfone groups is 1. The van der Waals surface area contributed by atoms with Crippen molar-refractivity contribution in [2.24, 2.45) is 0 Å². The first-order valence-electron chi connectivity index (χ1n) is 9.28. The standard InChI is InChI=1S/C21H23N3O4S/c1-15-10-11-18(13-16(15)2)20-23-24-21(28-20)22-19(25)9-6-12-29(26,27)14-17-7-4-3-5-8-17/h3-5,7-8,10-11,13H,6,9,12,14H2,1-2H3,(H,22,24,25). The molecule has 29 heavy (non-hydrogen) atoms. The van der Waals surface area contributed by atoms with Crippen molar-refractivity contribution in [2.75, 3.05) is 11.1 Å². The fourth-order valence-electron chi connectivity index (χ4n) is 2.80. The topological polar surface area (TPSA) is 102 Å². The van der Waals surface area contributed by atoms with E-state index in [0.29, 0.717) is 5.89 Å². The van der Waals surface area contributed by atoms with Crippen LogP contribution in [0.25, 0.3) is 11.5 Å². The molecule has 8 heteroatoms. The molecular weight excluding hydrogens is 390 g/mol. The van der Waals surface area contributed by atoms with Crippen LogP contribution < -0.4 is 5.32 Å². The van der Waals surface area contributed by atoms with E-state index in [1.54, 1.807) is 24.3 Å². The van der Waals surface area contributed by atoms with Crippen LogP contribution in [0, 0.1) is 13.8 Å². The highest BCUT2D eigenvalue weighted by atomic mass is 32.2. The lowest BCUT2D eigenvalue weighted by Gasteiger charge is -2.04. The lowest BCUT2D eigenvalue weighted by atomic mass is 10.1. The summed E-state index contributed by atoms with van der Waals surface area (Å²) < 4.78 is 29.8. The van der Waals surface area contributed by atoms with Gasteiger partial charge in [-0.15, -0.1) is 5.10 Å². The summed E-state index contributed by atoms with van der Waals surface area (Å²) in [6.45, 7) is 4.00. The Morgan fingerprint density at radius 1 is 1.03 bits per heavy atom. The summed E-state index contributed by atoms with van der Waals surface area (Å²) in [5, 5.41) is 10.3. The van der Waals surface area contributed by atoms with Crippen molar-refractivity contribution < 1.29 is 17.6 Å². The van der Waals surface area contributed by atoms with Gasteiger partial charge in [-0.1, -0.05) is 41.5 Å². The molecular formula is C21H23N3O4S. The summed E-state index contributed by atoms with van der Waals surface area (Å²) >= 11 is 0. The van der Waals surface area contributed by atoms with Gasteiger partial charge in [0.1, 0.15) is 0 Å². The zero-order valence-electron chi connectivity index (χ0n) is 16.4. The van der Waals surface area contributed by atoms with Crippen LogP contribution >= 0.6 is 0 Å².